The van der Waals surface area contributed by atoms with Crippen molar-refractivity contribution in [2.45, 2.75) is 4.90 Å². The van der Waals surface area contributed by atoms with Gasteiger partial charge in [0.1, 0.15) is 22.7 Å². The fourth-order valence-corrected chi connectivity index (χ4v) is 5.21. The Labute approximate surface area is 199 Å². The molecule has 2 N–H and O–H groups in total. The van der Waals surface area contributed by atoms with Crippen LogP contribution in [0.4, 0.5) is 17.5 Å². The van der Waals surface area contributed by atoms with Crippen molar-refractivity contribution in [3.8, 4) is 16.9 Å². The number of nitrogens with zero attached hydrogens (tertiary/aromatic N) is 4. The van der Waals surface area contributed by atoms with Crippen molar-refractivity contribution in [3.05, 3.63) is 78.7 Å². The summed E-state index contributed by atoms with van der Waals surface area (Å²) in [5.74, 6) is 1.42. The standard InChI is InChI=1S/C23H18N6O3S2/c1-32-17-7-3-15(4-8-17)19-13-33-22-20(19)21(26-14-27-22)28-16-5-9-18(10-6-16)34(30,31)29-23-24-11-2-12-25-23/h2-14H,1H3,(H,24,25,29)(H,26,27,28). The van der Waals surface area contributed by atoms with Crippen molar-refractivity contribution in [1.82, 2.24) is 19.9 Å². The molecule has 11 heteroatoms. The smallest absolute Gasteiger partial charge is 0.264 e. The number of thiophene rings is 1. The Kier molecular flexibility index (Phi) is 5.78. The lowest BCUT2D eigenvalue weighted by molar-refractivity contribution is 0.415. The molecule has 0 bridgehead atoms. The SMILES string of the molecule is COc1ccc(-c2csc3ncnc(Nc4ccc(S(=O)(=O)Nc5ncccn5)cc4)c23)cc1. The fraction of sp³-hybridized carbons (Fsp3) is 0.0435. The van der Waals surface area contributed by atoms with Crippen molar-refractivity contribution < 1.29 is 13.2 Å². The average molecular weight is 491 g/mol. The van der Waals surface area contributed by atoms with Gasteiger partial charge >= 0.3 is 0 Å². The van der Waals surface area contributed by atoms with Gasteiger partial charge in [-0.2, -0.15) is 0 Å². The summed E-state index contributed by atoms with van der Waals surface area (Å²) in [6, 6.07) is 15.7. The van der Waals surface area contributed by atoms with E-state index in [0.717, 1.165) is 27.1 Å². The van der Waals surface area contributed by atoms with E-state index in [1.165, 1.54) is 42.2 Å². The van der Waals surface area contributed by atoms with Crippen LogP contribution in [-0.4, -0.2) is 35.5 Å². The molecule has 0 atom stereocenters. The second-order valence-electron chi connectivity index (χ2n) is 7.11. The van der Waals surface area contributed by atoms with Crippen LogP contribution in [0.15, 0.2) is 83.6 Å². The monoisotopic (exact) mass is 490 g/mol. The average Bonchev–Trinajstić information content (AvgIpc) is 3.30. The van der Waals surface area contributed by atoms with E-state index >= 15 is 0 Å². The summed E-state index contributed by atoms with van der Waals surface area (Å²) in [4.78, 5) is 17.6. The number of rotatable bonds is 7. The van der Waals surface area contributed by atoms with E-state index < -0.39 is 10.0 Å². The lowest BCUT2D eigenvalue weighted by Crippen LogP contribution is -2.14. The summed E-state index contributed by atoms with van der Waals surface area (Å²) in [5, 5.41) is 6.21. The van der Waals surface area contributed by atoms with Crippen LogP contribution < -0.4 is 14.8 Å². The highest BCUT2D eigenvalue weighted by Crippen LogP contribution is 2.38. The fourth-order valence-electron chi connectivity index (χ4n) is 3.34. The summed E-state index contributed by atoms with van der Waals surface area (Å²) in [7, 11) is -2.18. The van der Waals surface area contributed by atoms with Gasteiger partial charge in [0.25, 0.3) is 10.0 Å². The van der Waals surface area contributed by atoms with Crippen LogP contribution in [0, 0.1) is 0 Å². The van der Waals surface area contributed by atoms with Crippen LogP contribution >= 0.6 is 11.3 Å². The molecule has 0 aliphatic heterocycles. The zero-order chi connectivity index (χ0) is 23.5. The van der Waals surface area contributed by atoms with E-state index in [0.29, 0.717) is 11.5 Å². The Morgan fingerprint density at radius 1 is 0.912 bits per heavy atom. The van der Waals surface area contributed by atoms with Crippen molar-refractivity contribution >= 4 is 49.0 Å². The number of benzene rings is 2. The molecule has 2 aromatic carbocycles. The van der Waals surface area contributed by atoms with Gasteiger partial charge < -0.3 is 10.1 Å². The number of sulfonamides is 1. The highest BCUT2D eigenvalue weighted by molar-refractivity contribution is 7.92. The third-order valence-electron chi connectivity index (χ3n) is 4.99. The van der Waals surface area contributed by atoms with Crippen LogP contribution in [0.2, 0.25) is 0 Å². The van der Waals surface area contributed by atoms with Crippen LogP contribution in [0.3, 0.4) is 0 Å². The number of aromatic nitrogens is 4. The summed E-state index contributed by atoms with van der Waals surface area (Å²) in [6.07, 6.45) is 4.43. The molecule has 0 saturated carbocycles. The largest absolute Gasteiger partial charge is 0.497 e. The molecule has 0 radical (unpaired) electrons. The normalized spacial score (nSPS) is 11.3. The first-order valence-corrected chi connectivity index (χ1v) is 12.4. The Bertz CT molecular complexity index is 1540. The van der Waals surface area contributed by atoms with E-state index in [1.54, 1.807) is 25.3 Å². The number of hydrogen-bond donors (Lipinski definition) is 2. The molecule has 0 saturated heterocycles. The summed E-state index contributed by atoms with van der Waals surface area (Å²) in [6.45, 7) is 0. The van der Waals surface area contributed by atoms with Crippen LogP contribution in [0.25, 0.3) is 21.3 Å². The minimum atomic E-state index is -3.81. The summed E-state index contributed by atoms with van der Waals surface area (Å²) in [5.41, 5.74) is 2.69. The molecule has 34 heavy (non-hydrogen) atoms. The molecule has 170 valence electrons. The Balaban J connectivity index is 1.43. The molecule has 0 fully saturated rings. The maximum atomic E-state index is 12.6. The van der Waals surface area contributed by atoms with E-state index in [-0.39, 0.29) is 10.8 Å². The Morgan fingerprint density at radius 3 is 2.35 bits per heavy atom. The van der Waals surface area contributed by atoms with Gasteiger partial charge in [-0.1, -0.05) is 12.1 Å². The number of nitrogens with one attached hydrogen (secondary N) is 2. The maximum Gasteiger partial charge on any atom is 0.264 e. The predicted octanol–water partition coefficient (Wildman–Crippen LogP) is 4.70. The highest BCUT2D eigenvalue weighted by Gasteiger charge is 2.17. The minimum Gasteiger partial charge on any atom is -0.497 e. The van der Waals surface area contributed by atoms with Gasteiger partial charge in [-0.3, -0.25) is 0 Å². The molecule has 5 aromatic rings. The van der Waals surface area contributed by atoms with E-state index in [2.05, 4.69) is 30.0 Å². The second-order valence-corrected chi connectivity index (χ2v) is 9.65. The quantitative estimate of drug-likeness (QED) is 0.337. The minimum absolute atomic E-state index is 0.0107. The van der Waals surface area contributed by atoms with Crippen LogP contribution in [0.1, 0.15) is 0 Å². The molecular weight excluding hydrogens is 472 g/mol. The van der Waals surface area contributed by atoms with Gasteiger partial charge in [0.05, 0.1) is 17.4 Å². The lowest BCUT2D eigenvalue weighted by atomic mass is 10.1. The third-order valence-corrected chi connectivity index (χ3v) is 7.22. The van der Waals surface area contributed by atoms with Crippen LogP contribution in [0.5, 0.6) is 5.75 Å². The molecule has 0 amide bonds. The number of anilines is 3. The van der Waals surface area contributed by atoms with Gasteiger partial charge in [0.15, 0.2) is 0 Å². The van der Waals surface area contributed by atoms with Crippen molar-refractivity contribution in [3.63, 3.8) is 0 Å². The van der Waals surface area contributed by atoms with Crippen molar-refractivity contribution in [2.75, 3.05) is 17.1 Å². The first kappa shape index (κ1) is 21.7. The highest BCUT2D eigenvalue weighted by atomic mass is 32.2. The molecule has 3 heterocycles. The van der Waals surface area contributed by atoms with E-state index in [1.807, 2.05) is 29.6 Å². The van der Waals surface area contributed by atoms with Gasteiger partial charge in [-0.15, -0.1) is 11.3 Å². The van der Waals surface area contributed by atoms with Gasteiger partial charge in [-0.25, -0.2) is 33.1 Å². The van der Waals surface area contributed by atoms with E-state index in [9.17, 15) is 8.42 Å². The first-order valence-electron chi connectivity index (χ1n) is 10.1. The topological polar surface area (TPSA) is 119 Å². The van der Waals surface area contributed by atoms with Gasteiger partial charge in [-0.05, 0) is 48.0 Å². The molecule has 3 aromatic heterocycles. The molecule has 9 nitrogen and oxygen atoms in total. The Morgan fingerprint density at radius 2 is 1.65 bits per heavy atom. The molecule has 0 spiro atoms. The van der Waals surface area contributed by atoms with Gasteiger partial charge in [0, 0.05) is 29.0 Å². The number of ether oxygens (including phenoxy) is 1. The predicted molar refractivity (Wildman–Crippen MR) is 132 cm³/mol. The number of hydrogen-bond acceptors (Lipinski definition) is 9. The summed E-state index contributed by atoms with van der Waals surface area (Å²) < 4.78 is 32.9. The molecule has 0 aliphatic rings. The molecule has 5 rings (SSSR count). The van der Waals surface area contributed by atoms with Crippen molar-refractivity contribution in [2.24, 2.45) is 0 Å². The zero-order valence-electron chi connectivity index (χ0n) is 17.8. The molecule has 0 unspecified atom stereocenters. The lowest BCUT2D eigenvalue weighted by Gasteiger charge is -2.10. The van der Waals surface area contributed by atoms with E-state index in [4.69, 9.17) is 4.74 Å². The molecular formula is C23H18N6O3S2. The maximum absolute atomic E-state index is 12.6. The van der Waals surface area contributed by atoms with Gasteiger partial charge in [0.2, 0.25) is 5.95 Å². The third kappa shape index (κ3) is 4.38. The van der Waals surface area contributed by atoms with Crippen molar-refractivity contribution in [1.29, 1.82) is 0 Å². The number of methoxy groups -OCH3 is 1. The zero-order valence-corrected chi connectivity index (χ0v) is 19.5. The number of fused-ring (bicyclic) bond motifs is 1. The van der Waals surface area contributed by atoms with Crippen LogP contribution in [-0.2, 0) is 10.0 Å². The summed E-state index contributed by atoms with van der Waals surface area (Å²) >= 11 is 1.53. The Hall–Kier alpha value is -4.09. The second kappa shape index (κ2) is 9.04. The molecule has 0 aliphatic carbocycles. The first-order chi connectivity index (χ1) is 16.5.